The van der Waals surface area contributed by atoms with Crippen LogP contribution in [0.2, 0.25) is 0 Å². The highest BCUT2D eigenvalue weighted by Gasteiger charge is 2.21. The van der Waals surface area contributed by atoms with E-state index in [-0.39, 0.29) is 22.0 Å². The van der Waals surface area contributed by atoms with Gasteiger partial charge in [-0.3, -0.25) is 0 Å². The van der Waals surface area contributed by atoms with Gasteiger partial charge in [0.1, 0.15) is 0 Å². The Bertz CT molecular complexity index is 620. The zero-order valence-corrected chi connectivity index (χ0v) is 20.3. The number of carbonyl (C=O) groups excluding carboxylic acids is 2. The van der Waals surface area contributed by atoms with Crippen molar-refractivity contribution in [3.8, 4) is 0 Å². The van der Waals surface area contributed by atoms with Crippen LogP contribution >= 0.6 is 0 Å². The third kappa shape index (κ3) is 10.8. The number of hydrogen-bond acceptors (Lipinski definition) is 4. The molecule has 2 atom stereocenters. The predicted octanol–water partition coefficient (Wildman–Crippen LogP) is 6.93. The van der Waals surface area contributed by atoms with Crippen molar-refractivity contribution in [3.63, 3.8) is 0 Å². The average molecular weight is 419 g/mol. The lowest BCUT2D eigenvalue weighted by Gasteiger charge is -2.23. The van der Waals surface area contributed by atoms with Crippen LogP contribution in [-0.2, 0) is 9.47 Å². The standard InChI is InChI=1S/C26H42O4/c1-19(17-25(3,4)5)13-15-29-23(27)21-11-9-10-12-22(21)24(28)30-16-14-20(2)18-26(6,7)8/h9-12,19-20H,13-18H2,1-8H3. The predicted molar refractivity (Wildman–Crippen MR) is 123 cm³/mol. The number of esters is 2. The van der Waals surface area contributed by atoms with E-state index in [4.69, 9.17) is 9.47 Å². The molecule has 0 aliphatic rings. The highest BCUT2D eigenvalue weighted by atomic mass is 16.5. The van der Waals surface area contributed by atoms with Crippen LogP contribution in [0, 0.1) is 22.7 Å². The molecule has 4 heteroatoms. The van der Waals surface area contributed by atoms with Gasteiger partial charge in [-0.15, -0.1) is 0 Å². The van der Waals surface area contributed by atoms with Gasteiger partial charge in [0.15, 0.2) is 0 Å². The van der Waals surface area contributed by atoms with Gasteiger partial charge in [-0.25, -0.2) is 9.59 Å². The van der Waals surface area contributed by atoms with E-state index in [0.29, 0.717) is 25.0 Å². The minimum Gasteiger partial charge on any atom is -0.462 e. The second kappa shape index (κ2) is 11.5. The summed E-state index contributed by atoms with van der Waals surface area (Å²) >= 11 is 0. The topological polar surface area (TPSA) is 52.6 Å². The van der Waals surface area contributed by atoms with Crippen molar-refractivity contribution >= 4 is 11.9 Å². The molecule has 30 heavy (non-hydrogen) atoms. The van der Waals surface area contributed by atoms with E-state index in [9.17, 15) is 9.59 Å². The summed E-state index contributed by atoms with van der Waals surface area (Å²) in [6.07, 6.45) is 3.75. The molecule has 0 fully saturated rings. The molecule has 1 aromatic rings. The summed E-state index contributed by atoms with van der Waals surface area (Å²) in [5.74, 6) is -0.000544. The van der Waals surface area contributed by atoms with E-state index >= 15 is 0 Å². The Hall–Kier alpha value is -1.84. The van der Waals surface area contributed by atoms with Crippen LogP contribution in [0.15, 0.2) is 24.3 Å². The molecule has 0 aliphatic carbocycles. The third-order valence-corrected chi connectivity index (χ3v) is 4.98. The molecular weight excluding hydrogens is 376 g/mol. The first-order chi connectivity index (χ1) is 13.8. The summed E-state index contributed by atoms with van der Waals surface area (Å²) in [6.45, 7) is 18.3. The molecular formula is C26H42O4. The monoisotopic (exact) mass is 418 g/mol. The van der Waals surface area contributed by atoms with Crippen molar-refractivity contribution in [1.29, 1.82) is 0 Å². The molecule has 1 aromatic carbocycles. The Morgan fingerprint density at radius 1 is 0.733 bits per heavy atom. The quantitative estimate of drug-likeness (QED) is 0.387. The SMILES string of the molecule is CC(CCOC(=O)c1ccccc1C(=O)OCCC(C)CC(C)(C)C)CC(C)(C)C. The number of benzene rings is 1. The molecule has 0 amide bonds. The largest absolute Gasteiger partial charge is 0.462 e. The van der Waals surface area contributed by atoms with Gasteiger partial charge in [0.05, 0.1) is 24.3 Å². The van der Waals surface area contributed by atoms with Gasteiger partial charge >= 0.3 is 11.9 Å². The fourth-order valence-corrected chi connectivity index (χ4v) is 4.00. The molecule has 0 radical (unpaired) electrons. The van der Waals surface area contributed by atoms with Crippen molar-refractivity contribution in [2.75, 3.05) is 13.2 Å². The molecule has 0 aliphatic heterocycles. The minimum atomic E-state index is -0.466. The smallest absolute Gasteiger partial charge is 0.339 e. The van der Waals surface area contributed by atoms with E-state index < -0.39 is 11.9 Å². The molecule has 0 saturated heterocycles. The Kier molecular flexibility index (Phi) is 10.1. The van der Waals surface area contributed by atoms with E-state index in [1.54, 1.807) is 24.3 Å². The first-order valence-electron chi connectivity index (χ1n) is 11.2. The molecule has 1 rings (SSSR count). The molecule has 0 N–H and O–H groups in total. The van der Waals surface area contributed by atoms with Gasteiger partial charge in [-0.1, -0.05) is 67.5 Å². The van der Waals surface area contributed by atoms with Gasteiger partial charge in [-0.2, -0.15) is 0 Å². The fraction of sp³-hybridized carbons (Fsp3) is 0.692. The summed E-state index contributed by atoms with van der Waals surface area (Å²) in [4.78, 5) is 25.1. The molecule has 0 aromatic heterocycles. The van der Waals surface area contributed by atoms with Crippen LogP contribution < -0.4 is 0 Å². The maximum atomic E-state index is 12.5. The third-order valence-electron chi connectivity index (χ3n) is 4.98. The fourth-order valence-electron chi connectivity index (χ4n) is 4.00. The van der Waals surface area contributed by atoms with Crippen molar-refractivity contribution in [2.24, 2.45) is 22.7 Å². The van der Waals surface area contributed by atoms with Crippen LogP contribution in [0.5, 0.6) is 0 Å². The number of hydrogen-bond donors (Lipinski definition) is 0. The summed E-state index contributed by atoms with van der Waals surface area (Å²) in [7, 11) is 0. The lowest BCUT2D eigenvalue weighted by atomic mass is 9.84. The van der Waals surface area contributed by atoms with Crippen molar-refractivity contribution < 1.29 is 19.1 Å². The van der Waals surface area contributed by atoms with Crippen molar-refractivity contribution in [2.45, 2.75) is 81.1 Å². The van der Waals surface area contributed by atoms with E-state index in [1.807, 2.05) is 0 Å². The Labute approximate surface area is 183 Å². The summed E-state index contributed by atoms with van der Waals surface area (Å²) in [5.41, 5.74) is 1.05. The summed E-state index contributed by atoms with van der Waals surface area (Å²) in [6, 6.07) is 6.72. The Morgan fingerprint density at radius 3 is 1.37 bits per heavy atom. The van der Waals surface area contributed by atoms with Gasteiger partial charge in [0.2, 0.25) is 0 Å². The maximum absolute atomic E-state index is 12.5. The van der Waals surface area contributed by atoms with Crippen molar-refractivity contribution in [1.82, 2.24) is 0 Å². The van der Waals surface area contributed by atoms with Gasteiger partial charge < -0.3 is 9.47 Å². The Morgan fingerprint density at radius 2 is 1.07 bits per heavy atom. The molecule has 0 saturated carbocycles. The molecule has 0 bridgehead atoms. The van der Waals surface area contributed by atoms with Crippen LogP contribution in [-0.4, -0.2) is 25.2 Å². The maximum Gasteiger partial charge on any atom is 0.339 e. The highest BCUT2D eigenvalue weighted by Crippen LogP contribution is 2.27. The van der Waals surface area contributed by atoms with Gasteiger partial charge in [-0.05, 0) is 60.5 Å². The summed E-state index contributed by atoms with van der Waals surface area (Å²) in [5, 5.41) is 0. The number of ether oxygens (including phenoxy) is 2. The molecule has 4 nitrogen and oxygen atoms in total. The molecule has 2 unspecified atom stereocenters. The summed E-state index contributed by atoms with van der Waals surface area (Å²) < 4.78 is 10.9. The van der Waals surface area contributed by atoms with Gasteiger partial charge in [0, 0.05) is 0 Å². The van der Waals surface area contributed by atoms with Crippen LogP contribution in [0.3, 0.4) is 0 Å². The van der Waals surface area contributed by atoms with Crippen LogP contribution in [0.4, 0.5) is 0 Å². The Balaban J connectivity index is 2.58. The molecule has 0 spiro atoms. The first kappa shape index (κ1) is 26.2. The zero-order valence-electron chi connectivity index (χ0n) is 20.3. The van der Waals surface area contributed by atoms with Crippen LogP contribution in [0.25, 0.3) is 0 Å². The first-order valence-corrected chi connectivity index (χ1v) is 11.2. The van der Waals surface area contributed by atoms with Gasteiger partial charge in [0.25, 0.3) is 0 Å². The van der Waals surface area contributed by atoms with E-state index in [1.165, 1.54) is 0 Å². The van der Waals surface area contributed by atoms with E-state index in [2.05, 4.69) is 55.4 Å². The molecule has 170 valence electrons. The molecule has 0 heterocycles. The lowest BCUT2D eigenvalue weighted by molar-refractivity contribution is 0.0430. The zero-order chi connectivity index (χ0) is 22.9. The van der Waals surface area contributed by atoms with Crippen LogP contribution in [0.1, 0.15) is 102 Å². The average Bonchev–Trinajstić information content (AvgIpc) is 2.58. The second-order valence-corrected chi connectivity index (χ2v) is 11.1. The highest BCUT2D eigenvalue weighted by molar-refractivity contribution is 6.03. The van der Waals surface area contributed by atoms with E-state index in [0.717, 1.165) is 25.7 Å². The second-order valence-electron chi connectivity index (χ2n) is 11.1. The van der Waals surface area contributed by atoms with Crippen molar-refractivity contribution in [3.05, 3.63) is 35.4 Å². The number of carbonyl (C=O) groups is 2. The minimum absolute atomic E-state index is 0.254. The number of rotatable bonds is 10. The lowest BCUT2D eigenvalue weighted by Crippen LogP contribution is -2.18. The normalized spacial score (nSPS) is 14.1.